The van der Waals surface area contributed by atoms with E-state index < -0.39 is 0 Å². The van der Waals surface area contributed by atoms with Crippen molar-refractivity contribution in [1.82, 2.24) is 5.43 Å². The maximum Gasteiger partial charge on any atom is 0.277 e. The Morgan fingerprint density at radius 3 is 2.91 bits per heavy atom. The monoisotopic (exact) mass is 380 g/mol. The van der Waals surface area contributed by atoms with Crippen LogP contribution in [0.15, 0.2) is 45.3 Å². The standard InChI is InChI=1S/C16H17BrN2O2S/c1-11(2)12-5-6-15(14(17)8-12)21-10-16(20)19-18-9-13-4-3-7-22-13/h3-9,11H,10H2,1-2H3,(H,19,20). The molecular weight excluding hydrogens is 364 g/mol. The normalized spacial score (nSPS) is 11.1. The molecule has 0 fully saturated rings. The van der Waals surface area contributed by atoms with E-state index in [1.54, 1.807) is 17.6 Å². The lowest BCUT2D eigenvalue weighted by Crippen LogP contribution is -2.24. The van der Waals surface area contributed by atoms with Crippen molar-refractivity contribution in [2.24, 2.45) is 5.10 Å². The second-order valence-electron chi connectivity index (χ2n) is 4.94. The van der Waals surface area contributed by atoms with Crippen molar-refractivity contribution in [1.29, 1.82) is 0 Å². The minimum atomic E-state index is -0.298. The van der Waals surface area contributed by atoms with Crippen molar-refractivity contribution in [2.75, 3.05) is 6.61 Å². The number of halogens is 1. The maximum absolute atomic E-state index is 11.7. The van der Waals surface area contributed by atoms with E-state index in [9.17, 15) is 4.79 Å². The van der Waals surface area contributed by atoms with Gasteiger partial charge in [-0.15, -0.1) is 11.3 Å². The number of hydrogen-bond donors (Lipinski definition) is 1. The summed E-state index contributed by atoms with van der Waals surface area (Å²) < 4.78 is 6.33. The number of amides is 1. The van der Waals surface area contributed by atoms with Crippen molar-refractivity contribution >= 4 is 39.4 Å². The van der Waals surface area contributed by atoms with Crippen LogP contribution in [0.4, 0.5) is 0 Å². The van der Waals surface area contributed by atoms with Crippen LogP contribution >= 0.6 is 27.3 Å². The summed E-state index contributed by atoms with van der Waals surface area (Å²) in [6.45, 7) is 4.17. The van der Waals surface area contributed by atoms with Gasteiger partial charge in [0.2, 0.25) is 0 Å². The zero-order valence-electron chi connectivity index (χ0n) is 12.4. The van der Waals surface area contributed by atoms with Crippen LogP contribution in [0, 0.1) is 0 Å². The lowest BCUT2D eigenvalue weighted by Gasteiger charge is -2.10. The Morgan fingerprint density at radius 1 is 1.45 bits per heavy atom. The van der Waals surface area contributed by atoms with Gasteiger partial charge in [0.25, 0.3) is 5.91 Å². The summed E-state index contributed by atoms with van der Waals surface area (Å²) in [4.78, 5) is 12.6. The molecule has 4 nitrogen and oxygen atoms in total. The van der Waals surface area contributed by atoms with E-state index >= 15 is 0 Å². The van der Waals surface area contributed by atoms with E-state index in [0.717, 1.165) is 9.35 Å². The van der Waals surface area contributed by atoms with Crippen LogP contribution in [-0.2, 0) is 4.79 Å². The van der Waals surface area contributed by atoms with Crippen LogP contribution in [0.3, 0.4) is 0 Å². The predicted octanol–water partition coefficient (Wildman–Crippen LogP) is 4.16. The molecule has 1 aromatic heterocycles. The van der Waals surface area contributed by atoms with Crippen LogP contribution < -0.4 is 10.2 Å². The number of nitrogens with zero attached hydrogens (tertiary/aromatic N) is 1. The smallest absolute Gasteiger partial charge is 0.277 e. The molecule has 2 aromatic rings. The molecule has 116 valence electrons. The molecule has 1 amide bonds. The highest BCUT2D eigenvalue weighted by Gasteiger charge is 2.07. The van der Waals surface area contributed by atoms with Crippen molar-refractivity contribution in [3.63, 3.8) is 0 Å². The molecule has 1 aromatic carbocycles. The van der Waals surface area contributed by atoms with Gasteiger partial charge in [0.05, 0.1) is 10.7 Å². The molecule has 1 N–H and O–H groups in total. The molecule has 0 aliphatic carbocycles. The number of hydrogen-bond acceptors (Lipinski definition) is 4. The molecule has 0 aliphatic heterocycles. The number of ether oxygens (including phenoxy) is 1. The third kappa shape index (κ3) is 4.96. The largest absolute Gasteiger partial charge is 0.483 e. The van der Waals surface area contributed by atoms with E-state index in [4.69, 9.17) is 4.74 Å². The third-order valence-corrected chi connectivity index (χ3v) is 4.33. The summed E-state index contributed by atoms with van der Waals surface area (Å²) in [7, 11) is 0. The van der Waals surface area contributed by atoms with Gasteiger partial charge < -0.3 is 4.74 Å². The minimum absolute atomic E-state index is 0.0819. The molecule has 0 aliphatic rings. The fourth-order valence-corrected chi connectivity index (χ4v) is 2.80. The quantitative estimate of drug-likeness (QED) is 0.603. The Hall–Kier alpha value is -1.66. The number of thiophene rings is 1. The van der Waals surface area contributed by atoms with Crippen molar-refractivity contribution < 1.29 is 9.53 Å². The molecule has 1 heterocycles. The molecular formula is C16H17BrN2O2S. The molecule has 0 spiro atoms. The molecule has 0 bridgehead atoms. The number of rotatable bonds is 6. The van der Waals surface area contributed by atoms with E-state index in [0.29, 0.717) is 11.7 Å². The first kappa shape index (κ1) is 16.7. The van der Waals surface area contributed by atoms with E-state index in [-0.39, 0.29) is 12.5 Å². The van der Waals surface area contributed by atoms with Gasteiger partial charge in [0, 0.05) is 4.88 Å². The van der Waals surface area contributed by atoms with Crippen LogP contribution in [-0.4, -0.2) is 18.7 Å². The predicted molar refractivity (Wildman–Crippen MR) is 93.8 cm³/mol. The Balaban J connectivity index is 1.83. The topological polar surface area (TPSA) is 50.7 Å². The van der Waals surface area contributed by atoms with Gasteiger partial charge in [-0.05, 0) is 51.0 Å². The molecule has 0 atom stereocenters. The van der Waals surface area contributed by atoms with Crippen LogP contribution in [0.25, 0.3) is 0 Å². The summed E-state index contributed by atoms with van der Waals surface area (Å²) in [5, 5.41) is 5.83. The van der Waals surface area contributed by atoms with Gasteiger partial charge in [-0.25, -0.2) is 5.43 Å². The summed E-state index contributed by atoms with van der Waals surface area (Å²) >= 11 is 5.01. The van der Waals surface area contributed by atoms with Crippen molar-refractivity contribution in [3.05, 3.63) is 50.6 Å². The zero-order chi connectivity index (χ0) is 15.9. The number of nitrogens with one attached hydrogen (secondary N) is 1. The number of benzene rings is 1. The average Bonchev–Trinajstić information content (AvgIpc) is 2.99. The fourth-order valence-electron chi connectivity index (χ4n) is 1.70. The van der Waals surface area contributed by atoms with Crippen LogP contribution in [0.5, 0.6) is 5.75 Å². The first-order valence-corrected chi connectivity index (χ1v) is 8.51. The minimum Gasteiger partial charge on any atom is -0.483 e. The summed E-state index contributed by atoms with van der Waals surface area (Å²) in [6, 6.07) is 9.71. The van der Waals surface area contributed by atoms with E-state index in [1.807, 2.05) is 35.7 Å². The summed E-state index contributed by atoms with van der Waals surface area (Å²) in [6.07, 6.45) is 1.61. The van der Waals surface area contributed by atoms with Crippen molar-refractivity contribution in [2.45, 2.75) is 19.8 Å². The second kappa shape index (κ2) is 8.10. The van der Waals surface area contributed by atoms with Crippen molar-refractivity contribution in [3.8, 4) is 5.75 Å². The fraction of sp³-hybridized carbons (Fsp3) is 0.250. The third-order valence-electron chi connectivity index (χ3n) is 2.91. The first-order chi connectivity index (χ1) is 10.6. The van der Waals surface area contributed by atoms with E-state index in [2.05, 4.69) is 40.3 Å². The first-order valence-electron chi connectivity index (χ1n) is 6.84. The second-order valence-corrected chi connectivity index (χ2v) is 6.78. The molecule has 0 saturated heterocycles. The number of carbonyl (C=O) groups is 1. The highest BCUT2D eigenvalue weighted by Crippen LogP contribution is 2.28. The average molecular weight is 381 g/mol. The van der Waals surface area contributed by atoms with Gasteiger partial charge in [0.1, 0.15) is 5.75 Å². The van der Waals surface area contributed by atoms with Gasteiger partial charge in [-0.3, -0.25) is 4.79 Å². The van der Waals surface area contributed by atoms with Crippen LogP contribution in [0.2, 0.25) is 0 Å². The Bertz CT molecular complexity index is 654. The number of hydrazone groups is 1. The lowest BCUT2D eigenvalue weighted by atomic mass is 10.0. The summed E-state index contributed by atoms with van der Waals surface area (Å²) in [5.74, 6) is 0.787. The number of carbonyl (C=O) groups excluding carboxylic acids is 1. The molecule has 0 saturated carbocycles. The molecule has 6 heteroatoms. The molecule has 0 unspecified atom stereocenters. The maximum atomic E-state index is 11.7. The Kier molecular flexibility index (Phi) is 6.15. The molecule has 2 rings (SSSR count). The Morgan fingerprint density at radius 2 is 2.27 bits per heavy atom. The molecule has 0 radical (unpaired) electrons. The molecule has 22 heavy (non-hydrogen) atoms. The van der Waals surface area contributed by atoms with Crippen LogP contribution in [0.1, 0.15) is 30.2 Å². The lowest BCUT2D eigenvalue weighted by molar-refractivity contribution is -0.123. The highest BCUT2D eigenvalue weighted by atomic mass is 79.9. The van der Waals surface area contributed by atoms with Gasteiger partial charge in [0.15, 0.2) is 6.61 Å². The SMILES string of the molecule is CC(C)c1ccc(OCC(=O)NN=Cc2cccs2)c(Br)c1. The van der Waals surface area contributed by atoms with Gasteiger partial charge in [-0.1, -0.05) is 26.0 Å². The van der Waals surface area contributed by atoms with Gasteiger partial charge >= 0.3 is 0 Å². The van der Waals surface area contributed by atoms with E-state index in [1.165, 1.54) is 5.56 Å². The zero-order valence-corrected chi connectivity index (χ0v) is 14.8. The summed E-state index contributed by atoms with van der Waals surface area (Å²) in [5.41, 5.74) is 3.65. The van der Waals surface area contributed by atoms with Gasteiger partial charge in [-0.2, -0.15) is 5.10 Å². The highest BCUT2D eigenvalue weighted by molar-refractivity contribution is 9.10. The Labute approximate surface area is 142 Å².